The summed E-state index contributed by atoms with van der Waals surface area (Å²) in [6.07, 6.45) is -1.20. The van der Waals surface area contributed by atoms with Crippen LogP contribution in [0.25, 0.3) is 10.9 Å². The number of ketones is 1. The third-order valence-electron chi connectivity index (χ3n) is 4.77. The van der Waals surface area contributed by atoms with Gasteiger partial charge in [-0.1, -0.05) is 60.7 Å². The summed E-state index contributed by atoms with van der Waals surface area (Å²) < 4.78 is 5.60. The Kier molecular flexibility index (Phi) is 5.57. The third kappa shape index (κ3) is 4.35. The highest BCUT2D eigenvalue weighted by atomic mass is 16.5. The number of esters is 1. The van der Waals surface area contributed by atoms with Crippen LogP contribution in [0.4, 0.5) is 5.69 Å². The number of carbonyl (C=O) groups excluding carboxylic acids is 3. The fraction of sp³-hybridized carbons (Fsp3) is 0.0833. The number of aromatic amines is 1. The normalized spacial score (nSPS) is 11.6. The van der Waals surface area contributed by atoms with E-state index < -0.39 is 18.0 Å². The van der Waals surface area contributed by atoms with E-state index in [1.54, 1.807) is 72.8 Å². The van der Waals surface area contributed by atoms with E-state index in [0.29, 0.717) is 27.7 Å². The lowest BCUT2D eigenvalue weighted by molar-refractivity contribution is -0.125. The van der Waals surface area contributed by atoms with Crippen molar-refractivity contribution < 1.29 is 19.1 Å². The Bertz CT molecular complexity index is 1260. The molecule has 0 bridgehead atoms. The number of carbonyl (C=O) groups is 3. The molecule has 4 rings (SSSR count). The number of ether oxygens (including phenoxy) is 1. The molecular weight excluding hydrogens is 394 g/mol. The monoisotopic (exact) mass is 413 g/mol. The molecule has 1 heterocycles. The Morgan fingerprint density at radius 3 is 2.45 bits per heavy atom. The first-order chi connectivity index (χ1) is 15.0. The van der Waals surface area contributed by atoms with Gasteiger partial charge < -0.3 is 10.1 Å². The summed E-state index contributed by atoms with van der Waals surface area (Å²) in [5.41, 5.74) is 2.20. The number of benzene rings is 3. The molecule has 0 radical (unpaired) electrons. The average molecular weight is 413 g/mol. The standard InChI is InChI=1S/C24H19N3O4/c1-15(28)17-10-7-11-18(14-17)25-23(29)22(16-8-3-2-4-9-16)31-24(30)21-19-12-5-6-13-20(19)26-27-21/h2-14,22H,1H3,(H,25,29)(H,26,27)/t22-/m1/s1. The van der Waals surface area contributed by atoms with Gasteiger partial charge >= 0.3 is 5.97 Å². The minimum atomic E-state index is -1.20. The molecule has 7 nitrogen and oxygen atoms in total. The molecule has 31 heavy (non-hydrogen) atoms. The first kappa shape index (κ1) is 20.0. The highest BCUT2D eigenvalue weighted by molar-refractivity contribution is 6.04. The molecule has 0 spiro atoms. The minimum absolute atomic E-state index is 0.0999. The van der Waals surface area contributed by atoms with Gasteiger partial charge in [0.2, 0.25) is 6.10 Å². The van der Waals surface area contributed by atoms with Gasteiger partial charge in [0.25, 0.3) is 5.91 Å². The van der Waals surface area contributed by atoms with Gasteiger partial charge in [-0.15, -0.1) is 0 Å². The number of rotatable bonds is 6. The number of nitrogens with zero attached hydrogens (tertiary/aromatic N) is 1. The van der Waals surface area contributed by atoms with Gasteiger partial charge in [-0.2, -0.15) is 5.10 Å². The van der Waals surface area contributed by atoms with E-state index in [0.717, 1.165) is 0 Å². The van der Waals surface area contributed by atoms with Gasteiger partial charge in [-0.3, -0.25) is 14.7 Å². The second kappa shape index (κ2) is 8.62. The zero-order chi connectivity index (χ0) is 21.8. The highest BCUT2D eigenvalue weighted by Crippen LogP contribution is 2.24. The number of nitrogens with one attached hydrogen (secondary N) is 2. The molecule has 7 heteroatoms. The summed E-state index contributed by atoms with van der Waals surface area (Å²) in [6, 6.07) is 22.4. The summed E-state index contributed by atoms with van der Waals surface area (Å²) in [5, 5.41) is 10.2. The molecule has 0 aliphatic rings. The molecule has 3 aromatic carbocycles. The van der Waals surface area contributed by atoms with Crippen LogP contribution in [0.5, 0.6) is 0 Å². The predicted molar refractivity (Wildman–Crippen MR) is 116 cm³/mol. The Hall–Kier alpha value is -4.26. The molecule has 4 aromatic rings. The molecule has 154 valence electrons. The van der Waals surface area contributed by atoms with Crippen molar-refractivity contribution in [3.8, 4) is 0 Å². The van der Waals surface area contributed by atoms with Crippen LogP contribution >= 0.6 is 0 Å². The molecule has 0 fully saturated rings. The van der Waals surface area contributed by atoms with Crippen LogP contribution in [0, 0.1) is 0 Å². The fourth-order valence-electron chi connectivity index (χ4n) is 3.21. The SMILES string of the molecule is CC(=O)c1cccc(NC(=O)[C@H](OC(=O)c2n[nH]c3ccccc23)c2ccccc2)c1. The number of para-hydroxylation sites is 1. The lowest BCUT2D eigenvalue weighted by atomic mass is 10.1. The number of hydrogen-bond donors (Lipinski definition) is 2. The first-order valence-electron chi connectivity index (χ1n) is 9.64. The number of amides is 1. The van der Waals surface area contributed by atoms with Crippen molar-refractivity contribution in [2.75, 3.05) is 5.32 Å². The van der Waals surface area contributed by atoms with Crippen molar-refractivity contribution in [3.05, 3.63) is 95.7 Å². The van der Waals surface area contributed by atoms with Gasteiger partial charge in [0.1, 0.15) is 0 Å². The smallest absolute Gasteiger partial charge is 0.360 e. The summed E-state index contributed by atoms with van der Waals surface area (Å²) in [5.74, 6) is -1.38. The van der Waals surface area contributed by atoms with Crippen molar-refractivity contribution in [1.29, 1.82) is 0 Å². The van der Waals surface area contributed by atoms with Gasteiger partial charge in [-0.05, 0) is 25.1 Å². The van der Waals surface area contributed by atoms with Crippen LogP contribution in [0.3, 0.4) is 0 Å². The van der Waals surface area contributed by atoms with Gasteiger partial charge in [0.05, 0.1) is 5.52 Å². The fourth-order valence-corrected chi connectivity index (χ4v) is 3.21. The number of aromatic nitrogens is 2. The van der Waals surface area contributed by atoms with Crippen LogP contribution in [-0.2, 0) is 9.53 Å². The maximum atomic E-state index is 13.1. The quantitative estimate of drug-likeness (QED) is 0.362. The largest absolute Gasteiger partial charge is 0.442 e. The van der Waals surface area contributed by atoms with Crippen LogP contribution in [0.15, 0.2) is 78.9 Å². The Morgan fingerprint density at radius 1 is 0.935 bits per heavy atom. The minimum Gasteiger partial charge on any atom is -0.442 e. The van der Waals surface area contributed by atoms with Crippen LogP contribution in [-0.4, -0.2) is 27.9 Å². The van der Waals surface area contributed by atoms with Crippen LogP contribution < -0.4 is 5.32 Å². The Balaban J connectivity index is 1.62. The van der Waals surface area contributed by atoms with Crippen molar-refractivity contribution in [1.82, 2.24) is 10.2 Å². The van der Waals surface area contributed by atoms with E-state index in [-0.39, 0.29) is 11.5 Å². The maximum absolute atomic E-state index is 13.1. The lowest BCUT2D eigenvalue weighted by Gasteiger charge is -2.18. The summed E-state index contributed by atoms with van der Waals surface area (Å²) in [7, 11) is 0. The Labute approximate surface area is 178 Å². The first-order valence-corrected chi connectivity index (χ1v) is 9.64. The Morgan fingerprint density at radius 2 is 1.68 bits per heavy atom. The maximum Gasteiger partial charge on any atom is 0.360 e. The molecule has 0 saturated carbocycles. The van der Waals surface area contributed by atoms with Gasteiger partial charge in [0.15, 0.2) is 11.5 Å². The van der Waals surface area contributed by atoms with Gasteiger partial charge in [-0.25, -0.2) is 4.79 Å². The van der Waals surface area contributed by atoms with Crippen LogP contribution in [0.2, 0.25) is 0 Å². The number of H-pyrrole nitrogens is 1. The third-order valence-corrected chi connectivity index (χ3v) is 4.77. The van der Waals surface area contributed by atoms with E-state index in [1.807, 2.05) is 6.07 Å². The van der Waals surface area contributed by atoms with Crippen molar-refractivity contribution in [2.24, 2.45) is 0 Å². The summed E-state index contributed by atoms with van der Waals surface area (Å²) in [4.78, 5) is 37.6. The topological polar surface area (TPSA) is 101 Å². The number of fused-ring (bicyclic) bond motifs is 1. The zero-order valence-corrected chi connectivity index (χ0v) is 16.7. The van der Waals surface area contributed by atoms with Crippen molar-refractivity contribution >= 4 is 34.3 Å². The molecule has 1 amide bonds. The summed E-state index contributed by atoms with van der Waals surface area (Å²) >= 11 is 0. The van der Waals surface area contributed by atoms with E-state index >= 15 is 0 Å². The highest BCUT2D eigenvalue weighted by Gasteiger charge is 2.27. The molecule has 2 N–H and O–H groups in total. The average Bonchev–Trinajstić information content (AvgIpc) is 3.22. The molecule has 1 aromatic heterocycles. The molecule has 0 unspecified atom stereocenters. The van der Waals surface area contributed by atoms with Crippen molar-refractivity contribution in [3.63, 3.8) is 0 Å². The predicted octanol–water partition coefficient (Wildman–Crippen LogP) is 4.30. The second-order valence-electron chi connectivity index (χ2n) is 6.94. The second-order valence-corrected chi connectivity index (χ2v) is 6.94. The molecular formula is C24H19N3O4. The number of hydrogen-bond acceptors (Lipinski definition) is 5. The molecule has 1 atom stereocenters. The van der Waals surface area contributed by atoms with E-state index in [4.69, 9.17) is 4.74 Å². The zero-order valence-electron chi connectivity index (χ0n) is 16.7. The molecule has 0 aliphatic carbocycles. The van der Waals surface area contributed by atoms with E-state index in [9.17, 15) is 14.4 Å². The van der Waals surface area contributed by atoms with E-state index in [1.165, 1.54) is 6.92 Å². The molecule has 0 aliphatic heterocycles. The van der Waals surface area contributed by atoms with Gasteiger partial charge in [0, 0.05) is 22.2 Å². The molecule has 0 saturated heterocycles. The van der Waals surface area contributed by atoms with Crippen LogP contribution in [0.1, 0.15) is 39.4 Å². The van der Waals surface area contributed by atoms with E-state index in [2.05, 4.69) is 15.5 Å². The summed E-state index contributed by atoms with van der Waals surface area (Å²) in [6.45, 7) is 1.45. The number of Topliss-reactive ketones (excluding diaryl/α,β-unsaturated/α-hetero) is 1. The number of anilines is 1. The lowest BCUT2D eigenvalue weighted by Crippen LogP contribution is -2.26. The van der Waals surface area contributed by atoms with Crippen molar-refractivity contribution in [2.45, 2.75) is 13.0 Å².